The lowest BCUT2D eigenvalue weighted by Crippen LogP contribution is -2.36. The van der Waals surface area contributed by atoms with Crippen LogP contribution in [0.5, 0.6) is 11.5 Å². The maximum Gasteiger partial charge on any atom is 0.315 e. The van der Waals surface area contributed by atoms with Gasteiger partial charge in [0, 0.05) is 12.1 Å². The third kappa shape index (κ3) is 3.79. The average molecular weight is 358 g/mol. The van der Waals surface area contributed by atoms with Crippen LogP contribution in [-0.2, 0) is 25.9 Å². The van der Waals surface area contributed by atoms with Crippen molar-refractivity contribution in [2.45, 2.75) is 39.8 Å². The van der Waals surface area contributed by atoms with Crippen LogP contribution in [0.2, 0.25) is 0 Å². The summed E-state index contributed by atoms with van der Waals surface area (Å²) in [5, 5.41) is 12.1. The molecule has 8 heteroatoms. The Labute approximate surface area is 150 Å². The number of aromatic amines is 1. The van der Waals surface area contributed by atoms with Crippen molar-refractivity contribution in [1.82, 2.24) is 20.8 Å². The third-order valence-corrected chi connectivity index (χ3v) is 4.28. The van der Waals surface area contributed by atoms with Gasteiger partial charge in [-0.1, -0.05) is 19.9 Å². The van der Waals surface area contributed by atoms with Crippen molar-refractivity contribution >= 4 is 6.03 Å². The lowest BCUT2D eigenvalue weighted by Gasteiger charge is -2.12. The van der Waals surface area contributed by atoms with Gasteiger partial charge in [0.1, 0.15) is 0 Å². The number of aryl methyl sites for hydroxylation is 1. The summed E-state index contributed by atoms with van der Waals surface area (Å²) in [6, 6.07) is 5.16. The summed E-state index contributed by atoms with van der Waals surface area (Å²) >= 11 is 0. The van der Waals surface area contributed by atoms with E-state index >= 15 is 0 Å². The van der Waals surface area contributed by atoms with Gasteiger partial charge in [0.25, 0.3) is 5.56 Å². The van der Waals surface area contributed by atoms with Crippen LogP contribution >= 0.6 is 0 Å². The molecular formula is C18H22N4O4. The molecule has 0 radical (unpaired) electrons. The molecule has 3 N–H and O–H groups in total. The number of amides is 2. The number of hydrogen-bond donors (Lipinski definition) is 3. The number of nitrogens with zero attached hydrogens (tertiary/aromatic N) is 1. The van der Waals surface area contributed by atoms with E-state index in [1.165, 1.54) is 0 Å². The van der Waals surface area contributed by atoms with E-state index in [4.69, 9.17) is 9.47 Å². The molecule has 138 valence electrons. The molecule has 0 atom stereocenters. The number of rotatable bonds is 6. The predicted molar refractivity (Wildman–Crippen MR) is 95.3 cm³/mol. The van der Waals surface area contributed by atoms with Gasteiger partial charge in [0.15, 0.2) is 11.5 Å². The van der Waals surface area contributed by atoms with Gasteiger partial charge < -0.3 is 20.1 Å². The van der Waals surface area contributed by atoms with Gasteiger partial charge in [0.05, 0.1) is 12.2 Å². The highest BCUT2D eigenvalue weighted by Gasteiger charge is 2.14. The number of aromatic nitrogens is 2. The Bertz CT molecular complexity index is 863. The lowest BCUT2D eigenvalue weighted by atomic mass is 10.0. The van der Waals surface area contributed by atoms with E-state index in [1.54, 1.807) is 0 Å². The Balaban J connectivity index is 1.59. The van der Waals surface area contributed by atoms with Crippen molar-refractivity contribution in [3.63, 3.8) is 0 Å². The summed E-state index contributed by atoms with van der Waals surface area (Å²) in [6.07, 6.45) is 1.42. The summed E-state index contributed by atoms with van der Waals surface area (Å²) in [4.78, 5) is 24.1. The van der Waals surface area contributed by atoms with E-state index in [0.717, 1.165) is 23.2 Å². The third-order valence-electron chi connectivity index (χ3n) is 4.28. The molecule has 0 saturated heterocycles. The van der Waals surface area contributed by atoms with Crippen LogP contribution in [0.15, 0.2) is 23.0 Å². The van der Waals surface area contributed by atoms with E-state index in [-0.39, 0.29) is 24.9 Å². The van der Waals surface area contributed by atoms with Gasteiger partial charge in [0.2, 0.25) is 6.79 Å². The van der Waals surface area contributed by atoms with Crippen LogP contribution in [0.1, 0.15) is 36.2 Å². The van der Waals surface area contributed by atoms with E-state index in [0.29, 0.717) is 30.0 Å². The number of carbonyl (C=O) groups excluding carboxylic acids is 1. The SMILES string of the molecule is CCc1n[nH]c(=O)c(CNC(=O)NCc2ccc3c(c2)OCO3)c1CC. The minimum absolute atomic E-state index is 0.154. The number of ether oxygens (including phenoxy) is 2. The van der Waals surface area contributed by atoms with Crippen molar-refractivity contribution in [3.05, 3.63) is 50.9 Å². The van der Waals surface area contributed by atoms with Crippen LogP contribution in [0.3, 0.4) is 0 Å². The zero-order chi connectivity index (χ0) is 18.5. The fourth-order valence-corrected chi connectivity index (χ4v) is 2.93. The molecule has 1 aliphatic rings. The molecule has 8 nitrogen and oxygen atoms in total. The highest BCUT2D eigenvalue weighted by Crippen LogP contribution is 2.32. The smallest absolute Gasteiger partial charge is 0.315 e. The van der Waals surface area contributed by atoms with Gasteiger partial charge in [-0.2, -0.15) is 5.10 Å². The molecule has 3 rings (SSSR count). The molecule has 2 amide bonds. The number of urea groups is 1. The topological polar surface area (TPSA) is 105 Å². The maximum atomic E-state index is 12.1. The minimum atomic E-state index is -0.348. The van der Waals surface area contributed by atoms with Gasteiger partial charge in [-0.25, -0.2) is 9.89 Å². The van der Waals surface area contributed by atoms with E-state index in [2.05, 4.69) is 20.8 Å². The van der Waals surface area contributed by atoms with Crippen LogP contribution in [0.4, 0.5) is 4.79 Å². The van der Waals surface area contributed by atoms with Gasteiger partial charge >= 0.3 is 6.03 Å². The second-order valence-corrected chi connectivity index (χ2v) is 5.89. The average Bonchev–Trinajstić information content (AvgIpc) is 3.12. The summed E-state index contributed by atoms with van der Waals surface area (Å²) < 4.78 is 10.6. The first-order chi connectivity index (χ1) is 12.6. The van der Waals surface area contributed by atoms with Crippen molar-refractivity contribution in [1.29, 1.82) is 0 Å². The number of nitrogens with one attached hydrogen (secondary N) is 3. The number of hydrogen-bond acceptors (Lipinski definition) is 5. The normalized spacial score (nSPS) is 12.1. The molecule has 0 aliphatic carbocycles. The Morgan fingerprint density at radius 2 is 1.88 bits per heavy atom. The monoisotopic (exact) mass is 358 g/mol. The van der Waals surface area contributed by atoms with Crippen molar-refractivity contribution in [3.8, 4) is 11.5 Å². The van der Waals surface area contributed by atoms with Gasteiger partial charge in [-0.3, -0.25) is 4.79 Å². The first kappa shape index (κ1) is 17.8. The fraction of sp³-hybridized carbons (Fsp3) is 0.389. The molecule has 0 fully saturated rings. The molecular weight excluding hydrogens is 336 g/mol. The van der Waals surface area contributed by atoms with Gasteiger partial charge in [-0.15, -0.1) is 0 Å². The second-order valence-electron chi connectivity index (χ2n) is 5.89. The quantitative estimate of drug-likeness (QED) is 0.728. The van der Waals surface area contributed by atoms with Crippen LogP contribution in [0.25, 0.3) is 0 Å². The molecule has 0 unspecified atom stereocenters. The summed E-state index contributed by atoms with van der Waals surface area (Å²) in [5.41, 5.74) is 2.93. The van der Waals surface area contributed by atoms with E-state index in [1.807, 2.05) is 32.0 Å². The Morgan fingerprint density at radius 1 is 1.12 bits per heavy atom. The second kappa shape index (κ2) is 7.90. The Hall–Kier alpha value is -3.03. The number of H-pyrrole nitrogens is 1. The summed E-state index contributed by atoms with van der Waals surface area (Å²) in [7, 11) is 0. The van der Waals surface area contributed by atoms with Crippen molar-refractivity contribution < 1.29 is 14.3 Å². The van der Waals surface area contributed by atoms with Crippen LogP contribution < -0.4 is 25.7 Å². The standard InChI is InChI=1S/C18H22N4O4/c1-3-12-13(17(23)22-21-14(12)4-2)9-20-18(24)19-8-11-5-6-15-16(7-11)26-10-25-15/h5-7H,3-4,8-10H2,1-2H3,(H,22,23)(H2,19,20,24). The van der Waals surface area contributed by atoms with E-state index in [9.17, 15) is 9.59 Å². The molecule has 1 aliphatic heterocycles. The number of benzene rings is 1. The largest absolute Gasteiger partial charge is 0.454 e. The predicted octanol–water partition coefficient (Wildman–Crippen LogP) is 1.62. The first-order valence-electron chi connectivity index (χ1n) is 8.61. The molecule has 0 bridgehead atoms. The number of fused-ring (bicyclic) bond motifs is 1. The molecule has 2 heterocycles. The number of carbonyl (C=O) groups is 1. The molecule has 26 heavy (non-hydrogen) atoms. The van der Waals surface area contributed by atoms with Crippen molar-refractivity contribution in [2.75, 3.05) is 6.79 Å². The Kier molecular flexibility index (Phi) is 5.40. The minimum Gasteiger partial charge on any atom is -0.454 e. The van der Waals surface area contributed by atoms with Gasteiger partial charge in [-0.05, 0) is 36.1 Å². The molecule has 1 aromatic carbocycles. The summed E-state index contributed by atoms with van der Waals surface area (Å²) in [6.45, 7) is 4.66. The molecule has 0 spiro atoms. The first-order valence-corrected chi connectivity index (χ1v) is 8.61. The molecule has 1 aromatic heterocycles. The molecule has 2 aromatic rings. The fourth-order valence-electron chi connectivity index (χ4n) is 2.93. The lowest BCUT2D eigenvalue weighted by molar-refractivity contribution is 0.174. The zero-order valence-corrected chi connectivity index (χ0v) is 14.8. The van der Waals surface area contributed by atoms with Crippen molar-refractivity contribution in [2.24, 2.45) is 0 Å². The Morgan fingerprint density at radius 3 is 2.65 bits per heavy atom. The maximum absolute atomic E-state index is 12.1. The van der Waals surface area contributed by atoms with Crippen LogP contribution in [0, 0.1) is 0 Å². The van der Waals surface area contributed by atoms with E-state index < -0.39 is 0 Å². The highest BCUT2D eigenvalue weighted by molar-refractivity contribution is 5.73. The zero-order valence-electron chi connectivity index (χ0n) is 14.8. The summed E-state index contributed by atoms with van der Waals surface area (Å²) in [5.74, 6) is 1.38. The highest BCUT2D eigenvalue weighted by atomic mass is 16.7. The van der Waals surface area contributed by atoms with Crippen LogP contribution in [-0.4, -0.2) is 23.0 Å². The molecule has 0 saturated carbocycles.